The molecule has 218 valence electrons. The molecule has 0 radical (unpaired) electrons. The molecule has 0 saturated heterocycles. The number of azide groups is 1. The fraction of sp³-hybridized carbons (Fsp3) is 0.548. The van der Waals surface area contributed by atoms with Gasteiger partial charge in [0.15, 0.2) is 11.5 Å². The topological polar surface area (TPSA) is 123 Å². The molecular weight excluding hydrogens is 508 g/mol. The van der Waals surface area contributed by atoms with E-state index in [9.17, 15) is 9.59 Å². The van der Waals surface area contributed by atoms with Crippen LogP contribution in [0.25, 0.3) is 10.4 Å². The molecule has 0 bridgehead atoms. The van der Waals surface area contributed by atoms with Crippen molar-refractivity contribution >= 4 is 11.9 Å². The van der Waals surface area contributed by atoms with Gasteiger partial charge in [0.05, 0.1) is 38.7 Å². The van der Waals surface area contributed by atoms with Crippen LogP contribution in [0.3, 0.4) is 0 Å². The minimum absolute atomic E-state index is 0.0288. The Morgan fingerprint density at radius 1 is 1.00 bits per heavy atom. The van der Waals surface area contributed by atoms with Gasteiger partial charge in [0, 0.05) is 17.4 Å². The lowest BCUT2D eigenvalue weighted by Crippen LogP contribution is -2.34. The second-order valence-corrected chi connectivity index (χ2v) is 12.0. The quantitative estimate of drug-likeness (QED) is 0.0986. The lowest BCUT2D eigenvalue weighted by atomic mass is 9.86. The van der Waals surface area contributed by atoms with Gasteiger partial charge in [-0.1, -0.05) is 56.2 Å². The third-order valence-corrected chi connectivity index (χ3v) is 6.42. The van der Waals surface area contributed by atoms with Crippen molar-refractivity contribution in [3.8, 4) is 11.5 Å². The second-order valence-electron chi connectivity index (χ2n) is 12.0. The van der Waals surface area contributed by atoms with Crippen molar-refractivity contribution in [3.05, 3.63) is 69.6 Å². The molecule has 2 aromatic carbocycles. The molecule has 0 fully saturated rings. The Morgan fingerprint density at radius 3 is 2.27 bits per heavy atom. The molecule has 2 rings (SSSR count). The zero-order valence-corrected chi connectivity index (χ0v) is 25.0. The molecule has 0 spiro atoms. The van der Waals surface area contributed by atoms with Gasteiger partial charge in [-0.15, -0.1) is 0 Å². The van der Waals surface area contributed by atoms with Gasteiger partial charge in [-0.05, 0) is 73.4 Å². The van der Waals surface area contributed by atoms with Crippen LogP contribution >= 0.6 is 0 Å². The first-order valence-electron chi connectivity index (χ1n) is 13.7. The zero-order valence-electron chi connectivity index (χ0n) is 25.0. The first kappa shape index (κ1) is 32.5. The summed E-state index contributed by atoms with van der Waals surface area (Å²) in [6.07, 6.45) is 1.75. The molecule has 40 heavy (non-hydrogen) atoms. The fourth-order valence-corrected chi connectivity index (χ4v) is 3.88. The summed E-state index contributed by atoms with van der Waals surface area (Å²) in [5, 5.41) is 6.46. The summed E-state index contributed by atoms with van der Waals surface area (Å²) < 4.78 is 16.6. The Balaban J connectivity index is 1.99. The number of ether oxygens (including phenoxy) is 3. The van der Waals surface area contributed by atoms with Crippen molar-refractivity contribution in [2.75, 3.05) is 33.4 Å². The van der Waals surface area contributed by atoms with Crippen LogP contribution in [0.2, 0.25) is 0 Å². The average molecular weight is 553 g/mol. The van der Waals surface area contributed by atoms with Gasteiger partial charge in [0.2, 0.25) is 5.91 Å². The highest BCUT2D eigenvalue weighted by atomic mass is 16.5. The van der Waals surface area contributed by atoms with E-state index in [1.54, 1.807) is 18.2 Å². The van der Waals surface area contributed by atoms with Crippen LogP contribution in [0.15, 0.2) is 47.6 Å². The second kappa shape index (κ2) is 15.2. The number of nitrogens with one attached hydrogen (secondary N) is 1. The highest BCUT2D eigenvalue weighted by Crippen LogP contribution is 2.28. The van der Waals surface area contributed by atoms with Crippen LogP contribution in [-0.2, 0) is 32.6 Å². The molecule has 0 aromatic heterocycles. The molecule has 9 heteroatoms. The number of rotatable bonds is 14. The molecular formula is C31H44N4O5. The van der Waals surface area contributed by atoms with Crippen molar-refractivity contribution in [2.45, 2.75) is 66.2 Å². The van der Waals surface area contributed by atoms with E-state index < -0.39 is 5.41 Å². The van der Waals surface area contributed by atoms with E-state index in [1.807, 2.05) is 20.8 Å². The summed E-state index contributed by atoms with van der Waals surface area (Å²) in [5.41, 5.74) is 11.1. The van der Waals surface area contributed by atoms with E-state index in [0.717, 1.165) is 18.4 Å². The van der Waals surface area contributed by atoms with Crippen LogP contribution in [0.1, 0.15) is 64.7 Å². The lowest BCUT2D eigenvalue weighted by molar-refractivity contribution is -0.154. The number of hydrogen-bond donors (Lipinski definition) is 1. The number of carbonyl (C=O) groups is 2. The number of esters is 1. The largest absolute Gasteiger partial charge is 0.493 e. The third kappa shape index (κ3) is 11.2. The number of carbonyl (C=O) groups excluding carboxylic acids is 2. The molecule has 0 aliphatic carbocycles. The van der Waals surface area contributed by atoms with E-state index in [-0.39, 0.29) is 49.4 Å². The summed E-state index contributed by atoms with van der Waals surface area (Å²) >= 11 is 0. The van der Waals surface area contributed by atoms with E-state index in [4.69, 9.17) is 19.7 Å². The number of amides is 1. The third-order valence-electron chi connectivity index (χ3n) is 6.42. The van der Waals surface area contributed by atoms with Crippen molar-refractivity contribution in [1.82, 2.24) is 5.32 Å². The van der Waals surface area contributed by atoms with Crippen LogP contribution < -0.4 is 14.8 Å². The standard InChI is InChI=1S/C31H44N4O5/c1-30(2,3)25-13-10-22(11-14-25)8-9-24(21-40-29(37)31(4,5)6)20-33-28(36)19-23-12-15-26(27(18-23)38-7)39-17-16-34-35-32/h10-15,18,24H,8-9,16-17,19-21H2,1-7H3,(H,33,36). The number of aryl methyl sites for hydroxylation is 1. The van der Waals surface area contributed by atoms with E-state index >= 15 is 0 Å². The van der Waals surface area contributed by atoms with Gasteiger partial charge in [0.1, 0.15) is 0 Å². The molecule has 0 heterocycles. The van der Waals surface area contributed by atoms with Gasteiger partial charge in [-0.2, -0.15) is 0 Å². The molecule has 1 N–H and O–H groups in total. The number of benzene rings is 2. The minimum atomic E-state index is -0.589. The highest BCUT2D eigenvalue weighted by molar-refractivity contribution is 5.79. The summed E-state index contributed by atoms with van der Waals surface area (Å²) in [4.78, 5) is 27.9. The number of hydrogen-bond acceptors (Lipinski definition) is 6. The normalized spacial score (nSPS) is 12.2. The first-order valence-corrected chi connectivity index (χ1v) is 13.7. The summed E-state index contributed by atoms with van der Waals surface area (Å²) in [6, 6.07) is 13.9. The van der Waals surface area contributed by atoms with Crippen molar-refractivity contribution in [2.24, 2.45) is 16.4 Å². The predicted molar refractivity (Wildman–Crippen MR) is 157 cm³/mol. The molecule has 0 aliphatic heterocycles. The monoisotopic (exact) mass is 552 g/mol. The molecule has 1 unspecified atom stereocenters. The smallest absolute Gasteiger partial charge is 0.311 e. The van der Waals surface area contributed by atoms with Crippen molar-refractivity contribution < 1.29 is 23.8 Å². The maximum atomic E-state index is 12.8. The van der Waals surface area contributed by atoms with Gasteiger partial charge in [0.25, 0.3) is 0 Å². The number of nitrogens with zero attached hydrogens (tertiary/aromatic N) is 3. The average Bonchev–Trinajstić information content (AvgIpc) is 2.90. The fourth-order valence-electron chi connectivity index (χ4n) is 3.88. The van der Waals surface area contributed by atoms with Gasteiger partial charge < -0.3 is 19.5 Å². The Labute approximate surface area is 238 Å². The molecule has 1 amide bonds. The van der Waals surface area contributed by atoms with Crippen molar-refractivity contribution in [3.63, 3.8) is 0 Å². The van der Waals surface area contributed by atoms with E-state index in [1.165, 1.54) is 18.2 Å². The summed E-state index contributed by atoms with van der Waals surface area (Å²) in [5.74, 6) is 0.582. The zero-order chi connectivity index (χ0) is 29.8. The Hall–Kier alpha value is -3.71. The van der Waals surface area contributed by atoms with Crippen LogP contribution in [0.5, 0.6) is 11.5 Å². The molecule has 1 atom stereocenters. The highest BCUT2D eigenvalue weighted by Gasteiger charge is 2.24. The van der Waals surface area contributed by atoms with Gasteiger partial charge in [-0.25, -0.2) is 0 Å². The molecule has 2 aromatic rings. The molecule has 0 saturated carbocycles. The maximum Gasteiger partial charge on any atom is 0.311 e. The van der Waals surface area contributed by atoms with E-state index in [0.29, 0.717) is 18.0 Å². The van der Waals surface area contributed by atoms with Gasteiger partial charge >= 0.3 is 5.97 Å². The van der Waals surface area contributed by atoms with Crippen LogP contribution in [0.4, 0.5) is 0 Å². The van der Waals surface area contributed by atoms with Crippen LogP contribution in [0, 0.1) is 11.3 Å². The summed E-state index contributed by atoms with van der Waals surface area (Å²) in [7, 11) is 1.53. The van der Waals surface area contributed by atoms with E-state index in [2.05, 4.69) is 60.4 Å². The molecule has 9 nitrogen and oxygen atoms in total. The summed E-state index contributed by atoms with van der Waals surface area (Å²) in [6.45, 7) is 13.1. The SMILES string of the molecule is COc1cc(CC(=O)NCC(CCc2ccc(C(C)(C)C)cc2)COC(=O)C(C)(C)C)ccc1OCCN=[N+]=[N-]. The lowest BCUT2D eigenvalue weighted by Gasteiger charge is -2.22. The predicted octanol–water partition coefficient (Wildman–Crippen LogP) is 6.18. The van der Waals surface area contributed by atoms with Crippen molar-refractivity contribution in [1.29, 1.82) is 0 Å². The Kier molecular flexibility index (Phi) is 12.3. The number of methoxy groups -OCH3 is 1. The first-order chi connectivity index (χ1) is 18.8. The molecule has 0 aliphatic rings. The minimum Gasteiger partial charge on any atom is -0.493 e. The van der Waals surface area contributed by atoms with Crippen LogP contribution in [-0.4, -0.2) is 45.3 Å². The Morgan fingerprint density at radius 2 is 1.68 bits per heavy atom. The maximum absolute atomic E-state index is 12.8. The Bertz CT molecular complexity index is 1160. The van der Waals surface area contributed by atoms with Gasteiger partial charge in [-0.3, -0.25) is 9.59 Å².